The molecule has 0 saturated carbocycles. The highest BCUT2D eigenvalue weighted by atomic mass is 16.5. The Hall–Kier alpha value is -3.26. The largest absolute Gasteiger partial charge is 0.497 e. The van der Waals surface area contributed by atoms with Crippen molar-refractivity contribution in [2.75, 3.05) is 14.2 Å². The van der Waals surface area contributed by atoms with Crippen LogP contribution in [0.5, 0.6) is 11.5 Å². The van der Waals surface area contributed by atoms with Gasteiger partial charge in [-0.1, -0.05) is 54.6 Å². The first-order valence-electron chi connectivity index (χ1n) is 11.7. The van der Waals surface area contributed by atoms with Crippen LogP contribution in [0.15, 0.2) is 78.9 Å². The van der Waals surface area contributed by atoms with E-state index in [0.29, 0.717) is 19.6 Å². The predicted molar refractivity (Wildman–Crippen MR) is 136 cm³/mol. The minimum Gasteiger partial charge on any atom is -0.497 e. The van der Waals surface area contributed by atoms with Gasteiger partial charge in [-0.3, -0.25) is 0 Å². The van der Waals surface area contributed by atoms with Crippen LogP contribution in [0.3, 0.4) is 0 Å². The third-order valence-electron chi connectivity index (χ3n) is 5.76. The fraction of sp³-hybridized carbons (Fsp3) is 0.333. The summed E-state index contributed by atoms with van der Waals surface area (Å²) in [6.45, 7) is 1.03. The lowest BCUT2D eigenvalue weighted by atomic mass is 10.0. The topological polar surface area (TPSA) is 36.9 Å². The molecule has 0 amide bonds. The molecule has 0 bridgehead atoms. The van der Waals surface area contributed by atoms with Gasteiger partial charge in [0.15, 0.2) is 0 Å². The lowest BCUT2D eigenvalue weighted by molar-refractivity contribution is -0.0301. The number of benzene rings is 3. The number of hydrogen-bond donors (Lipinski definition) is 0. The fourth-order valence-corrected chi connectivity index (χ4v) is 3.75. The normalized spacial score (nSPS) is 12.5. The molecular formula is C30H34O4. The maximum absolute atomic E-state index is 6.38. The summed E-state index contributed by atoms with van der Waals surface area (Å²) in [5, 5.41) is 0. The van der Waals surface area contributed by atoms with Crippen LogP contribution in [-0.4, -0.2) is 26.4 Å². The van der Waals surface area contributed by atoms with Crippen LogP contribution < -0.4 is 9.47 Å². The van der Waals surface area contributed by atoms with Gasteiger partial charge >= 0.3 is 0 Å². The van der Waals surface area contributed by atoms with Crippen LogP contribution in [0.25, 0.3) is 0 Å². The van der Waals surface area contributed by atoms with E-state index in [2.05, 4.69) is 30.2 Å². The van der Waals surface area contributed by atoms with Crippen molar-refractivity contribution in [3.63, 3.8) is 0 Å². The molecule has 4 heteroatoms. The molecule has 3 aromatic carbocycles. The molecule has 0 aliphatic carbocycles. The van der Waals surface area contributed by atoms with E-state index in [1.807, 2.05) is 54.6 Å². The number of hydrogen-bond acceptors (Lipinski definition) is 4. The molecular weight excluding hydrogens is 424 g/mol. The minimum atomic E-state index is -0.0799. The maximum Gasteiger partial charge on any atom is 0.118 e. The van der Waals surface area contributed by atoms with Crippen molar-refractivity contribution in [2.24, 2.45) is 0 Å². The Morgan fingerprint density at radius 2 is 1.21 bits per heavy atom. The zero-order valence-corrected chi connectivity index (χ0v) is 20.1. The highest BCUT2D eigenvalue weighted by Gasteiger charge is 2.18. The van der Waals surface area contributed by atoms with E-state index in [4.69, 9.17) is 25.4 Å². The van der Waals surface area contributed by atoms with Crippen molar-refractivity contribution in [3.05, 3.63) is 95.6 Å². The molecule has 0 aromatic heterocycles. The van der Waals surface area contributed by atoms with Gasteiger partial charge in [-0.2, -0.15) is 0 Å². The molecule has 0 fully saturated rings. The van der Waals surface area contributed by atoms with Gasteiger partial charge in [0, 0.05) is 12.8 Å². The quantitative estimate of drug-likeness (QED) is 0.269. The molecule has 2 atom stereocenters. The summed E-state index contributed by atoms with van der Waals surface area (Å²) >= 11 is 0. The molecule has 34 heavy (non-hydrogen) atoms. The highest BCUT2D eigenvalue weighted by molar-refractivity contribution is 5.27. The number of ether oxygens (including phenoxy) is 4. The molecule has 0 radical (unpaired) electrons. The first kappa shape index (κ1) is 25.4. The SMILES string of the molecule is C#CC[C@@H](C[C@H](CCc1ccccc1)OCc1ccc(OC)cc1)OCc1ccc(OC)cc1. The Labute approximate surface area is 203 Å². The smallest absolute Gasteiger partial charge is 0.118 e. The van der Waals surface area contributed by atoms with E-state index >= 15 is 0 Å². The molecule has 0 spiro atoms. The Kier molecular flexibility index (Phi) is 10.5. The third-order valence-corrected chi connectivity index (χ3v) is 5.76. The van der Waals surface area contributed by atoms with E-state index < -0.39 is 0 Å². The van der Waals surface area contributed by atoms with Gasteiger partial charge in [0.05, 0.1) is 39.6 Å². The summed E-state index contributed by atoms with van der Waals surface area (Å²) in [4.78, 5) is 0. The van der Waals surface area contributed by atoms with Crippen molar-refractivity contribution < 1.29 is 18.9 Å². The van der Waals surface area contributed by atoms with E-state index in [1.165, 1.54) is 5.56 Å². The molecule has 0 saturated heterocycles. The van der Waals surface area contributed by atoms with E-state index in [1.54, 1.807) is 14.2 Å². The van der Waals surface area contributed by atoms with Gasteiger partial charge in [0.1, 0.15) is 11.5 Å². The Morgan fingerprint density at radius 1 is 0.676 bits per heavy atom. The molecule has 0 N–H and O–H groups in total. The molecule has 0 heterocycles. The molecule has 3 aromatic rings. The second-order valence-corrected chi connectivity index (χ2v) is 8.23. The summed E-state index contributed by atoms with van der Waals surface area (Å²) in [7, 11) is 3.33. The van der Waals surface area contributed by atoms with E-state index in [-0.39, 0.29) is 12.2 Å². The van der Waals surface area contributed by atoms with Crippen LogP contribution in [-0.2, 0) is 29.1 Å². The number of rotatable bonds is 14. The van der Waals surface area contributed by atoms with Gasteiger partial charge < -0.3 is 18.9 Å². The summed E-state index contributed by atoms with van der Waals surface area (Å²) < 4.78 is 23.1. The Bertz CT molecular complexity index is 991. The van der Waals surface area contributed by atoms with Crippen molar-refractivity contribution in [3.8, 4) is 23.8 Å². The lowest BCUT2D eigenvalue weighted by Gasteiger charge is -2.24. The standard InChI is InChI=1S/C30H34O4/c1-4-8-29(33-22-25-12-16-27(31-2)17-13-25)21-30(20-11-24-9-6-5-7-10-24)34-23-26-14-18-28(32-3)19-15-26/h1,5-7,9-10,12-19,29-30H,8,11,20-23H2,2-3H3/t29-,30-/m0/s1. The van der Waals surface area contributed by atoms with Gasteiger partial charge in [-0.25, -0.2) is 0 Å². The van der Waals surface area contributed by atoms with E-state index in [9.17, 15) is 0 Å². The second kappa shape index (κ2) is 14.1. The van der Waals surface area contributed by atoms with Crippen LogP contribution in [0.1, 0.15) is 36.0 Å². The van der Waals surface area contributed by atoms with Crippen molar-refractivity contribution in [1.82, 2.24) is 0 Å². The lowest BCUT2D eigenvalue weighted by Crippen LogP contribution is -2.24. The second-order valence-electron chi connectivity index (χ2n) is 8.23. The fourth-order valence-electron chi connectivity index (χ4n) is 3.75. The van der Waals surface area contributed by atoms with Crippen molar-refractivity contribution >= 4 is 0 Å². The average Bonchev–Trinajstić information content (AvgIpc) is 2.90. The monoisotopic (exact) mass is 458 g/mol. The molecule has 178 valence electrons. The van der Waals surface area contributed by atoms with E-state index in [0.717, 1.165) is 41.9 Å². The first-order valence-corrected chi connectivity index (χ1v) is 11.7. The molecule has 0 unspecified atom stereocenters. The number of methoxy groups -OCH3 is 2. The van der Waals surface area contributed by atoms with Crippen molar-refractivity contribution in [2.45, 2.75) is 51.1 Å². The minimum absolute atomic E-state index is 0.0246. The van der Waals surface area contributed by atoms with Crippen LogP contribution in [0.4, 0.5) is 0 Å². The zero-order chi connectivity index (χ0) is 24.0. The van der Waals surface area contributed by atoms with Crippen LogP contribution >= 0.6 is 0 Å². The maximum atomic E-state index is 6.38. The summed E-state index contributed by atoms with van der Waals surface area (Å²) in [5.74, 6) is 4.44. The number of terminal acetylenes is 1. The molecule has 3 rings (SSSR count). The summed E-state index contributed by atoms with van der Waals surface area (Å²) in [6, 6.07) is 26.4. The Balaban J connectivity index is 1.62. The zero-order valence-electron chi connectivity index (χ0n) is 20.1. The van der Waals surface area contributed by atoms with Gasteiger partial charge in [0.25, 0.3) is 0 Å². The van der Waals surface area contributed by atoms with Gasteiger partial charge in [0.2, 0.25) is 0 Å². The molecule has 0 aliphatic heterocycles. The molecule has 4 nitrogen and oxygen atoms in total. The Morgan fingerprint density at radius 3 is 1.71 bits per heavy atom. The molecule has 0 aliphatic rings. The highest BCUT2D eigenvalue weighted by Crippen LogP contribution is 2.20. The predicted octanol–water partition coefficient (Wildman–Crippen LogP) is 6.22. The van der Waals surface area contributed by atoms with Crippen molar-refractivity contribution in [1.29, 1.82) is 0 Å². The number of aryl methyl sites for hydroxylation is 1. The van der Waals surface area contributed by atoms with Gasteiger partial charge in [-0.15, -0.1) is 12.3 Å². The summed E-state index contributed by atoms with van der Waals surface area (Å²) in [5.41, 5.74) is 3.49. The van der Waals surface area contributed by atoms with Crippen LogP contribution in [0, 0.1) is 12.3 Å². The summed E-state index contributed by atoms with van der Waals surface area (Å²) in [6.07, 6.45) is 8.74. The average molecular weight is 459 g/mol. The van der Waals surface area contributed by atoms with Crippen LogP contribution in [0.2, 0.25) is 0 Å². The van der Waals surface area contributed by atoms with Gasteiger partial charge in [-0.05, 0) is 53.8 Å². The third kappa shape index (κ3) is 8.59. The first-order chi connectivity index (χ1) is 16.7.